The summed E-state index contributed by atoms with van der Waals surface area (Å²) in [5, 5.41) is 0. The van der Waals surface area contributed by atoms with E-state index in [4.69, 9.17) is 9.47 Å². The molecule has 0 unspecified atom stereocenters. The summed E-state index contributed by atoms with van der Waals surface area (Å²) >= 11 is 0. The van der Waals surface area contributed by atoms with Crippen LogP contribution in [0.15, 0.2) is 49.2 Å². The molecule has 1 atom stereocenters. The van der Waals surface area contributed by atoms with E-state index in [0.29, 0.717) is 13.2 Å². The predicted molar refractivity (Wildman–Crippen MR) is 76.2 cm³/mol. The second-order valence-corrected chi connectivity index (χ2v) is 4.87. The maximum Gasteiger partial charge on any atom is 0.161 e. The van der Waals surface area contributed by atoms with E-state index in [0.717, 1.165) is 23.0 Å². The number of aromatic nitrogens is 4. The largest absolute Gasteiger partial charge is 0.486 e. The number of nitrogens with one attached hydrogen (secondary N) is 1. The molecule has 6 nitrogen and oxygen atoms in total. The van der Waals surface area contributed by atoms with Gasteiger partial charge in [-0.15, -0.1) is 0 Å². The van der Waals surface area contributed by atoms with Crippen molar-refractivity contribution in [3.63, 3.8) is 0 Å². The minimum Gasteiger partial charge on any atom is -0.486 e. The van der Waals surface area contributed by atoms with Gasteiger partial charge in [0.1, 0.15) is 12.3 Å². The molecule has 3 heterocycles. The molecule has 1 aromatic carbocycles. The van der Waals surface area contributed by atoms with Gasteiger partial charge in [0.05, 0.1) is 19.1 Å². The lowest BCUT2D eigenvalue weighted by Gasteiger charge is -2.27. The summed E-state index contributed by atoms with van der Waals surface area (Å²) in [6.45, 7) is 1.19. The summed E-state index contributed by atoms with van der Waals surface area (Å²) in [5.41, 5.74) is 0.886. The van der Waals surface area contributed by atoms with Crippen LogP contribution in [0.3, 0.4) is 0 Å². The molecule has 0 amide bonds. The zero-order chi connectivity index (χ0) is 14.1. The Morgan fingerprint density at radius 1 is 1.29 bits per heavy atom. The molecule has 0 saturated heterocycles. The highest BCUT2D eigenvalue weighted by Gasteiger charge is 2.22. The molecule has 0 aliphatic carbocycles. The van der Waals surface area contributed by atoms with Crippen molar-refractivity contribution in [2.24, 2.45) is 0 Å². The molecule has 21 heavy (non-hydrogen) atoms. The van der Waals surface area contributed by atoms with Crippen molar-refractivity contribution in [2.75, 3.05) is 6.61 Å². The van der Waals surface area contributed by atoms with Crippen molar-refractivity contribution in [1.29, 1.82) is 0 Å². The van der Waals surface area contributed by atoms with Gasteiger partial charge in [0, 0.05) is 12.4 Å². The Kier molecular flexibility index (Phi) is 2.85. The minimum absolute atomic E-state index is 0.0456. The summed E-state index contributed by atoms with van der Waals surface area (Å²) in [7, 11) is 0. The summed E-state index contributed by atoms with van der Waals surface area (Å²) in [4.78, 5) is 11.5. The van der Waals surface area contributed by atoms with Crippen LogP contribution in [-0.4, -0.2) is 32.2 Å². The van der Waals surface area contributed by atoms with E-state index >= 15 is 0 Å². The van der Waals surface area contributed by atoms with Crippen LogP contribution in [0.25, 0.3) is 11.5 Å². The number of nitrogens with zero attached hydrogens (tertiary/aromatic N) is 3. The first-order chi connectivity index (χ1) is 10.4. The van der Waals surface area contributed by atoms with Gasteiger partial charge in [0.2, 0.25) is 0 Å². The average molecular weight is 282 g/mol. The highest BCUT2D eigenvalue weighted by molar-refractivity contribution is 5.48. The van der Waals surface area contributed by atoms with Gasteiger partial charge >= 0.3 is 0 Å². The van der Waals surface area contributed by atoms with E-state index in [1.807, 2.05) is 35.0 Å². The van der Waals surface area contributed by atoms with Gasteiger partial charge in [0.25, 0.3) is 0 Å². The Morgan fingerprint density at radius 3 is 3.05 bits per heavy atom. The Labute approximate surface area is 121 Å². The van der Waals surface area contributed by atoms with E-state index in [-0.39, 0.29) is 6.10 Å². The van der Waals surface area contributed by atoms with Crippen LogP contribution >= 0.6 is 0 Å². The third kappa shape index (κ3) is 2.24. The predicted octanol–water partition coefficient (Wildman–Crippen LogP) is 2.11. The molecule has 3 aromatic rings. The van der Waals surface area contributed by atoms with Gasteiger partial charge < -0.3 is 19.0 Å². The van der Waals surface area contributed by atoms with Gasteiger partial charge in [-0.1, -0.05) is 12.1 Å². The lowest BCUT2D eigenvalue weighted by atomic mass is 10.2. The molecule has 0 bridgehead atoms. The smallest absolute Gasteiger partial charge is 0.161 e. The molecule has 0 saturated carbocycles. The number of aromatic amines is 1. The molecule has 106 valence electrons. The molecule has 2 aromatic heterocycles. The SMILES string of the molecule is c1ccc2c(c1)OC[C@H](Cn1ccnc1-c1cnc[nH]1)O2. The Bertz CT molecular complexity index is 736. The minimum atomic E-state index is -0.0456. The second kappa shape index (κ2) is 4.97. The van der Waals surface area contributed by atoms with Crippen molar-refractivity contribution in [1.82, 2.24) is 19.5 Å². The summed E-state index contributed by atoms with van der Waals surface area (Å²) in [6.07, 6.45) is 7.06. The van der Waals surface area contributed by atoms with E-state index in [9.17, 15) is 0 Å². The molecule has 0 radical (unpaired) electrons. The highest BCUT2D eigenvalue weighted by atomic mass is 16.6. The van der Waals surface area contributed by atoms with Crippen LogP contribution in [0.5, 0.6) is 11.5 Å². The first kappa shape index (κ1) is 12.0. The van der Waals surface area contributed by atoms with Crippen LogP contribution in [0, 0.1) is 0 Å². The number of H-pyrrole nitrogens is 1. The fourth-order valence-corrected chi connectivity index (χ4v) is 2.45. The fourth-order valence-electron chi connectivity index (χ4n) is 2.45. The lowest BCUT2D eigenvalue weighted by molar-refractivity contribution is 0.0788. The standard InChI is InChI=1S/C15H14N4O2/c1-2-4-14-13(3-1)20-9-11(21-14)8-19-6-5-17-15(19)12-7-16-10-18-12/h1-7,10-11H,8-9H2,(H,16,18)/t11-/m0/s1. The van der Waals surface area contributed by atoms with E-state index in [1.165, 1.54) is 0 Å². The zero-order valence-electron chi connectivity index (χ0n) is 11.3. The topological polar surface area (TPSA) is 65.0 Å². The normalized spacial score (nSPS) is 16.9. The molecule has 1 aliphatic rings. The Hall–Kier alpha value is -2.76. The Morgan fingerprint density at radius 2 is 2.19 bits per heavy atom. The molecule has 4 rings (SSSR count). The number of hydrogen-bond donors (Lipinski definition) is 1. The molecule has 0 spiro atoms. The van der Waals surface area contributed by atoms with Gasteiger partial charge in [-0.25, -0.2) is 9.97 Å². The maximum absolute atomic E-state index is 5.98. The van der Waals surface area contributed by atoms with Gasteiger partial charge in [0.15, 0.2) is 23.4 Å². The third-order valence-corrected chi connectivity index (χ3v) is 3.42. The molecule has 0 fully saturated rings. The van der Waals surface area contributed by atoms with Crippen LogP contribution in [0.4, 0.5) is 0 Å². The molecular weight excluding hydrogens is 268 g/mol. The molecule has 6 heteroatoms. The average Bonchev–Trinajstić information content (AvgIpc) is 3.18. The summed E-state index contributed by atoms with van der Waals surface area (Å²) in [6, 6.07) is 7.72. The summed E-state index contributed by atoms with van der Waals surface area (Å²) < 4.78 is 13.8. The fraction of sp³-hybridized carbons (Fsp3) is 0.200. The van der Waals surface area contributed by atoms with Crippen molar-refractivity contribution >= 4 is 0 Å². The Balaban J connectivity index is 1.55. The maximum atomic E-state index is 5.98. The van der Waals surface area contributed by atoms with Crippen LogP contribution < -0.4 is 9.47 Å². The van der Waals surface area contributed by atoms with Crippen LogP contribution in [0.1, 0.15) is 0 Å². The van der Waals surface area contributed by atoms with E-state index in [1.54, 1.807) is 18.7 Å². The number of benzene rings is 1. The monoisotopic (exact) mass is 282 g/mol. The molecule has 1 aliphatic heterocycles. The number of fused-ring (bicyclic) bond motifs is 1. The van der Waals surface area contributed by atoms with Crippen LogP contribution in [-0.2, 0) is 6.54 Å². The number of imidazole rings is 2. The van der Waals surface area contributed by atoms with Crippen molar-refractivity contribution < 1.29 is 9.47 Å². The number of rotatable bonds is 3. The van der Waals surface area contributed by atoms with Crippen molar-refractivity contribution in [3.8, 4) is 23.0 Å². The van der Waals surface area contributed by atoms with Crippen molar-refractivity contribution in [2.45, 2.75) is 12.6 Å². The highest BCUT2D eigenvalue weighted by Crippen LogP contribution is 2.31. The number of para-hydroxylation sites is 2. The zero-order valence-corrected chi connectivity index (χ0v) is 11.3. The number of hydrogen-bond acceptors (Lipinski definition) is 4. The van der Waals surface area contributed by atoms with E-state index in [2.05, 4.69) is 15.0 Å². The quantitative estimate of drug-likeness (QED) is 0.799. The summed E-state index contributed by atoms with van der Waals surface area (Å²) in [5.74, 6) is 2.43. The van der Waals surface area contributed by atoms with E-state index < -0.39 is 0 Å². The first-order valence-corrected chi connectivity index (χ1v) is 6.78. The van der Waals surface area contributed by atoms with Gasteiger partial charge in [-0.05, 0) is 12.1 Å². The second-order valence-electron chi connectivity index (χ2n) is 4.87. The lowest BCUT2D eigenvalue weighted by Crippen LogP contribution is -2.33. The van der Waals surface area contributed by atoms with Crippen LogP contribution in [0.2, 0.25) is 0 Å². The van der Waals surface area contributed by atoms with Gasteiger partial charge in [-0.3, -0.25) is 0 Å². The third-order valence-electron chi connectivity index (χ3n) is 3.42. The number of ether oxygens (including phenoxy) is 2. The molecular formula is C15H14N4O2. The first-order valence-electron chi connectivity index (χ1n) is 6.78. The van der Waals surface area contributed by atoms with Crippen molar-refractivity contribution in [3.05, 3.63) is 49.2 Å². The molecule has 1 N–H and O–H groups in total. The van der Waals surface area contributed by atoms with Gasteiger partial charge in [-0.2, -0.15) is 0 Å².